The van der Waals surface area contributed by atoms with Crippen molar-refractivity contribution < 1.29 is 9.53 Å². The van der Waals surface area contributed by atoms with Crippen molar-refractivity contribution in [2.24, 2.45) is 0 Å². The van der Waals surface area contributed by atoms with Crippen molar-refractivity contribution in [3.63, 3.8) is 0 Å². The van der Waals surface area contributed by atoms with Crippen molar-refractivity contribution in [1.29, 1.82) is 0 Å². The second-order valence-corrected chi connectivity index (χ2v) is 6.42. The van der Waals surface area contributed by atoms with E-state index in [1.54, 1.807) is 24.3 Å². The summed E-state index contributed by atoms with van der Waals surface area (Å²) in [5.41, 5.74) is 8.32. The molecule has 3 rings (SSSR count). The van der Waals surface area contributed by atoms with Crippen LogP contribution in [0.15, 0.2) is 36.4 Å². The second kappa shape index (κ2) is 4.78. The SMILES string of the molecule is CC1(C)COc2ccc(C(=O)c3cc(N)cc(Cl)c3)cc21. The quantitative estimate of drug-likeness (QED) is 0.677. The fourth-order valence-corrected chi connectivity index (χ4v) is 2.82. The van der Waals surface area contributed by atoms with Gasteiger partial charge in [0.2, 0.25) is 0 Å². The lowest BCUT2D eigenvalue weighted by atomic mass is 9.85. The molecule has 0 saturated heterocycles. The molecule has 0 aliphatic carbocycles. The van der Waals surface area contributed by atoms with Crippen LogP contribution in [0, 0.1) is 0 Å². The highest BCUT2D eigenvalue weighted by atomic mass is 35.5. The van der Waals surface area contributed by atoms with Crippen LogP contribution in [0.25, 0.3) is 0 Å². The van der Waals surface area contributed by atoms with Crippen molar-refractivity contribution in [2.75, 3.05) is 12.3 Å². The molecule has 2 aromatic rings. The molecule has 0 atom stereocenters. The normalized spacial score (nSPS) is 15.4. The lowest BCUT2D eigenvalue weighted by Gasteiger charge is -2.15. The summed E-state index contributed by atoms with van der Waals surface area (Å²) >= 11 is 5.97. The summed E-state index contributed by atoms with van der Waals surface area (Å²) in [6, 6.07) is 10.4. The highest BCUT2D eigenvalue weighted by Gasteiger charge is 2.32. The van der Waals surface area contributed by atoms with E-state index < -0.39 is 0 Å². The molecular weight excluding hydrogens is 286 g/mol. The minimum Gasteiger partial charge on any atom is -0.492 e. The molecular formula is C17H16ClNO2. The van der Waals surface area contributed by atoms with Crippen LogP contribution in [-0.2, 0) is 5.41 Å². The average Bonchev–Trinajstić information content (AvgIpc) is 2.72. The predicted octanol–water partition coefficient (Wildman–Crippen LogP) is 3.82. The van der Waals surface area contributed by atoms with Gasteiger partial charge in [-0.25, -0.2) is 0 Å². The number of carbonyl (C=O) groups is 1. The van der Waals surface area contributed by atoms with Crippen LogP contribution < -0.4 is 10.5 Å². The molecule has 4 heteroatoms. The summed E-state index contributed by atoms with van der Waals surface area (Å²) in [7, 11) is 0. The smallest absolute Gasteiger partial charge is 0.193 e. The molecule has 0 bridgehead atoms. The molecule has 0 spiro atoms. The van der Waals surface area contributed by atoms with Gasteiger partial charge in [0.05, 0.1) is 6.61 Å². The van der Waals surface area contributed by atoms with E-state index in [9.17, 15) is 4.79 Å². The Morgan fingerprint density at radius 2 is 1.95 bits per heavy atom. The van der Waals surface area contributed by atoms with Crippen molar-refractivity contribution in [3.8, 4) is 5.75 Å². The zero-order valence-electron chi connectivity index (χ0n) is 11.9. The largest absolute Gasteiger partial charge is 0.492 e. The number of anilines is 1. The molecule has 1 aliphatic heterocycles. The van der Waals surface area contributed by atoms with Gasteiger partial charge in [0.15, 0.2) is 5.78 Å². The van der Waals surface area contributed by atoms with Gasteiger partial charge in [0.25, 0.3) is 0 Å². The number of fused-ring (bicyclic) bond motifs is 1. The molecule has 21 heavy (non-hydrogen) atoms. The number of nitrogens with two attached hydrogens (primary N) is 1. The molecule has 1 aliphatic rings. The first kappa shape index (κ1) is 14.0. The summed E-state index contributed by atoms with van der Waals surface area (Å²) < 4.78 is 5.64. The maximum Gasteiger partial charge on any atom is 0.193 e. The molecule has 3 nitrogen and oxygen atoms in total. The zero-order chi connectivity index (χ0) is 15.2. The summed E-state index contributed by atoms with van der Waals surface area (Å²) in [5.74, 6) is 0.761. The van der Waals surface area contributed by atoms with E-state index in [0.717, 1.165) is 11.3 Å². The number of ketones is 1. The third-order valence-corrected chi connectivity index (χ3v) is 3.96. The van der Waals surface area contributed by atoms with Gasteiger partial charge in [-0.3, -0.25) is 4.79 Å². The van der Waals surface area contributed by atoms with Gasteiger partial charge in [-0.1, -0.05) is 25.4 Å². The number of ether oxygens (including phenoxy) is 1. The molecule has 0 unspecified atom stereocenters. The van der Waals surface area contributed by atoms with Crippen molar-refractivity contribution in [1.82, 2.24) is 0 Å². The van der Waals surface area contributed by atoms with Gasteiger partial charge in [-0.2, -0.15) is 0 Å². The molecule has 1 heterocycles. The Morgan fingerprint density at radius 1 is 1.19 bits per heavy atom. The first-order chi connectivity index (χ1) is 9.87. The fourth-order valence-electron chi connectivity index (χ4n) is 2.57. The summed E-state index contributed by atoms with van der Waals surface area (Å²) in [6.45, 7) is 4.83. The number of nitrogen functional groups attached to an aromatic ring is 1. The number of benzene rings is 2. The molecule has 0 saturated carbocycles. The van der Waals surface area contributed by atoms with Crippen LogP contribution in [-0.4, -0.2) is 12.4 Å². The second-order valence-electron chi connectivity index (χ2n) is 5.99. The first-order valence-electron chi connectivity index (χ1n) is 6.75. The Labute approximate surface area is 128 Å². The molecule has 2 aromatic carbocycles. The molecule has 2 N–H and O–H groups in total. The van der Waals surface area contributed by atoms with E-state index in [1.165, 1.54) is 0 Å². The number of hydrogen-bond acceptors (Lipinski definition) is 3. The molecule has 0 aromatic heterocycles. The van der Waals surface area contributed by atoms with Crippen LogP contribution in [0.5, 0.6) is 5.75 Å². The van der Waals surface area contributed by atoms with Gasteiger partial charge in [-0.15, -0.1) is 0 Å². The molecule has 0 amide bonds. The van der Waals surface area contributed by atoms with E-state index in [-0.39, 0.29) is 11.2 Å². The van der Waals surface area contributed by atoms with Gasteiger partial charge >= 0.3 is 0 Å². The van der Waals surface area contributed by atoms with Crippen molar-refractivity contribution >= 4 is 23.1 Å². The number of carbonyl (C=O) groups excluding carboxylic acids is 1. The lowest BCUT2D eigenvalue weighted by Crippen LogP contribution is -2.18. The minimum absolute atomic E-state index is 0.0843. The maximum atomic E-state index is 12.6. The first-order valence-corrected chi connectivity index (χ1v) is 7.13. The van der Waals surface area contributed by atoms with Gasteiger partial charge in [-0.05, 0) is 36.4 Å². The van der Waals surface area contributed by atoms with Crippen LogP contribution in [0.1, 0.15) is 35.3 Å². The van der Waals surface area contributed by atoms with E-state index in [2.05, 4.69) is 13.8 Å². The van der Waals surface area contributed by atoms with E-state index >= 15 is 0 Å². The highest BCUT2D eigenvalue weighted by molar-refractivity contribution is 6.31. The molecule has 0 radical (unpaired) electrons. The van der Waals surface area contributed by atoms with Crippen molar-refractivity contribution in [3.05, 3.63) is 58.1 Å². The third-order valence-electron chi connectivity index (χ3n) is 3.74. The summed E-state index contributed by atoms with van der Waals surface area (Å²) in [5, 5.41) is 0.461. The third kappa shape index (κ3) is 2.49. The van der Waals surface area contributed by atoms with Crippen LogP contribution in [0.2, 0.25) is 5.02 Å². The highest BCUT2D eigenvalue weighted by Crippen LogP contribution is 2.39. The van der Waals surface area contributed by atoms with Gasteiger partial charge in [0.1, 0.15) is 5.75 Å². The predicted molar refractivity (Wildman–Crippen MR) is 84.3 cm³/mol. The van der Waals surface area contributed by atoms with Crippen molar-refractivity contribution in [2.45, 2.75) is 19.3 Å². The number of hydrogen-bond donors (Lipinski definition) is 1. The maximum absolute atomic E-state index is 12.6. The summed E-state index contributed by atoms with van der Waals surface area (Å²) in [6.07, 6.45) is 0. The Hall–Kier alpha value is -2.00. The Balaban J connectivity index is 2.03. The van der Waals surface area contributed by atoms with Crippen LogP contribution in [0.3, 0.4) is 0 Å². The van der Waals surface area contributed by atoms with Crippen LogP contribution in [0.4, 0.5) is 5.69 Å². The van der Waals surface area contributed by atoms with E-state index in [1.807, 2.05) is 12.1 Å². The lowest BCUT2D eigenvalue weighted by molar-refractivity contribution is 0.103. The van der Waals surface area contributed by atoms with Gasteiger partial charge < -0.3 is 10.5 Å². The minimum atomic E-state index is -0.0882. The van der Waals surface area contributed by atoms with Crippen LogP contribution >= 0.6 is 11.6 Å². The number of rotatable bonds is 2. The monoisotopic (exact) mass is 301 g/mol. The molecule has 108 valence electrons. The van der Waals surface area contributed by atoms with E-state index in [4.69, 9.17) is 22.1 Å². The Bertz CT molecular complexity index is 717. The standard InChI is InChI=1S/C17H16ClNO2/c1-17(2)9-21-15-4-3-10(7-14(15)17)16(20)11-5-12(18)8-13(19)6-11/h3-8H,9,19H2,1-2H3. The zero-order valence-corrected chi connectivity index (χ0v) is 12.7. The average molecular weight is 302 g/mol. The van der Waals surface area contributed by atoms with Gasteiger partial charge in [0, 0.05) is 32.8 Å². The summed E-state index contributed by atoms with van der Waals surface area (Å²) in [4.78, 5) is 12.6. The number of halogens is 1. The van der Waals surface area contributed by atoms with E-state index in [0.29, 0.717) is 28.4 Å². The molecule has 0 fully saturated rings. The Morgan fingerprint density at radius 3 is 2.67 bits per heavy atom. The fraction of sp³-hybridized carbons (Fsp3) is 0.235. The Kier molecular flexibility index (Phi) is 3.18. The topological polar surface area (TPSA) is 52.3 Å².